The van der Waals surface area contributed by atoms with Gasteiger partial charge < -0.3 is 10.6 Å². The zero-order valence-electron chi connectivity index (χ0n) is 14.0. The number of ketones is 1. The Morgan fingerprint density at radius 1 is 1.04 bits per heavy atom. The molecule has 0 radical (unpaired) electrons. The van der Waals surface area contributed by atoms with Crippen LogP contribution in [0.25, 0.3) is 0 Å². The Hall–Kier alpha value is -2.61. The summed E-state index contributed by atoms with van der Waals surface area (Å²) in [5, 5.41) is 5.27. The highest BCUT2D eigenvalue weighted by Gasteiger charge is 2.36. The van der Waals surface area contributed by atoms with Crippen LogP contribution in [-0.2, 0) is 16.0 Å². The Morgan fingerprint density at radius 2 is 1.67 bits per heavy atom. The molecule has 0 aliphatic heterocycles. The zero-order valence-corrected chi connectivity index (χ0v) is 15.5. The smallest absolute Gasteiger partial charge is 0.379 e. The normalized spacial score (nSPS) is 12.6. The molecule has 0 fully saturated rings. The van der Waals surface area contributed by atoms with Gasteiger partial charge in [-0.05, 0) is 29.8 Å². The molecule has 27 heavy (non-hydrogen) atoms. The van der Waals surface area contributed by atoms with Crippen molar-refractivity contribution in [2.45, 2.75) is 18.6 Å². The van der Waals surface area contributed by atoms with Crippen LogP contribution in [0.3, 0.4) is 0 Å². The maximum atomic E-state index is 12.5. The highest BCUT2D eigenvalue weighted by molar-refractivity contribution is 9.10. The fourth-order valence-corrected chi connectivity index (χ4v) is 2.44. The van der Waals surface area contributed by atoms with Gasteiger partial charge in [-0.3, -0.25) is 9.59 Å². The summed E-state index contributed by atoms with van der Waals surface area (Å²) in [6.07, 6.45) is -3.50. The van der Waals surface area contributed by atoms with Crippen LogP contribution in [-0.4, -0.2) is 23.9 Å². The summed E-state index contributed by atoms with van der Waals surface area (Å²) in [7, 11) is 0. The molecule has 0 saturated heterocycles. The molecule has 2 aromatic rings. The van der Waals surface area contributed by atoms with Crippen LogP contribution in [0.5, 0.6) is 0 Å². The summed E-state index contributed by atoms with van der Waals surface area (Å²) in [4.78, 5) is 23.5. The van der Waals surface area contributed by atoms with Gasteiger partial charge in [0.2, 0.25) is 5.91 Å². The first kappa shape index (κ1) is 20.7. The standard InChI is InChI=1S/C19H16BrF3N2O2/c20-14-6-8-15(9-7-14)25-18(27)16(12-13-4-2-1-3-5-13)24-11-10-17(26)19(21,22)23/h1-11,16,24H,12H2,(H,25,27). The third-order valence-corrected chi connectivity index (χ3v) is 4.05. The van der Waals surface area contributed by atoms with Crippen molar-refractivity contribution in [2.75, 3.05) is 5.32 Å². The number of hydrogen-bond acceptors (Lipinski definition) is 3. The molecule has 1 amide bonds. The van der Waals surface area contributed by atoms with Crippen molar-refractivity contribution < 1.29 is 22.8 Å². The lowest BCUT2D eigenvalue weighted by Crippen LogP contribution is -2.39. The summed E-state index contributed by atoms with van der Waals surface area (Å²) >= 11 is 3.29. The second-order valence-corrected chi connectivity index (χ2v) is 6.52. The second kappa shape index (κ2) is 9.36. The molecule has 0 heterocycles. The Kier molecular flexibility index (Phi) is 7.18. The van der Waals surface area contributed by atoms with Gasteiger partial charge in [0.05, 0.1) is 0 Å². The lowest BCUT2D eigenvalue weighted by atomic mass is 10.1. The predicted molar refractivity (Wildman–Crippen MR) is 100 cm³/mol. The molecular formula is C19H16BrF3N2O2. The van der Waals surface area contributed by atoms with E-state index in [4.69, 9.17) is 0 Å². The molecule has 1 unspecified atom stereocenters. The van der Waals surface area contributed by atoms with Gasteiger partial charge in [-0.2, -0.15) is 13.2 Å². The second-order valence-electron chi connectivity index (χ2n) is 5.60. The number of carbonyl (C=O) groups is 2. The van der Waals surface area contributed by atoms with Crippen LogP contribution >= 0.6 is 15.9 Å². The lowest BCUT2D eigenvalue weighted by Gasteiger charge is -2.17. The molecule has 0 aromatic heterocycles. The van der Waals surface area contributed by atoms with Crippen LogP contribution in [0.4, 0.5) is 18.9 Å². The average molecular weight is 441 g/mol. The average Bonchev–Trinajstić information content (AvgIpc) is 2.62. The molecule has 0 bridgehead atoms. The summed E-state index contributed by atoms with van der Waals surface area (Å²) < 4.78 is 37.7. The minimum atomic E-state index is -4.95. The van der Waals surface area contributed by atoms with Gasteiger partial charge in [0, 0.05) is 28.9 Å². The molecule has 2 aromatic carbocycles. The van der Waals surface area contributed by atoms with E-state index < -0.39 is 23.9 Å². The van der Waals surface area contributed by atoms with Gasteiger partial charge >= 0.3 is 6.18 Å². The van der Waals surface area contributed by atoms with Crippen molar-refractivity contribution in [3.8, 4) is 0 Å². The summed E-state index contributed by atoms with van der Waals surface area (Å²) in [6, 6.07) is 15.0. The van der Waals surface area contributed by atoms with E-state index in [0.29, 0.717) is 11.8 Å². The third-order valence-electron chi connectivity index (χ3n) is 3.52. The highest BCUT2D eigenvalue weighted by Crippen LogP contribution is 2.17. The van der Waals surface area contributed by atoms with Crippen molar-refractivity contribution in [1.29, 1.82) is 0 Å². The Labute approximate surface area is 162 Å². The van der Waals surface area contributed by atoms with Crippen LogP contribution in [0.1, 0.15) is 5.56 Å². The maximum Gasteiger partial charge on any atom is 0.454 e. The Balaban J connectivity index is 2.10. The van der Waals surface area contributed by atoms with Crippen LogP contribution < -0.4 is 10.6 Å². The molecule has 0 aliphatic rings. The van der Waals surface area contributed by atoms with Gasteiger partial charge in [0.25, 0.3) is 5.78 Å². The van der Waals surface area contributed by atoms with Crippen molar-refractivity contribution in [3.05, 3.63) is 76.9 Å². The van der Waals surface area contributed by atoms with E-state index in [1.54, 1.807) is 48.5 Å². The third kappa shape index (κ3) is 6.90. The number of rotatable bonds is 7. The zero-order chi connectivity index (χ0) is 19.9. The molecule has 1 atom stereocenters. The number of alkyl halides is 3. The minimum Gasteiger partial charge on any atom is -0.379 e. The monoisotopic (exact) mass is 440 g/mol. The first-order chi connectivity index (χ1) is 12.8. The quantitative estimate of drug-likeness (QED) is 0.633. The Morgan fingerprint density at radius 3 is 2.26 bits per heavy atom. The lowest BCUT2D eigenvalue weighted by molar-refractivity contribution is -0.165. The predicted octanol–water partition coefficient (Wildman–Crippen LogP) is 4.23. The van der Waals surface area contributed by atoms with E-state index in [2.05, 4.69) is 26.6 Å². The summed E-state index contributed by atoms with van der Waals surface area (Å²) in [5.74, 6) is -2.44. The van der Waals surface area contributed by atoms with Crippen molar-refractivity contribution in [3.63, 3.8) is 0 Å². The van der Waals surface area contributed by atoms with Crippen molar-refractivity contribution in [2.24, 2.45) is 0 Å². The van der Waals surface area contributed by atoms with E-state index in [0.717, 1.165) is 16.2 Å². The molecule has 8 heteroatoms. The summed E-state index contributed by atoms with van der Waals surface area (Å²) in [5.41, 5.74) is 1.36. The number of carbonyl (C=O) groups excluding carboxylic acids is 2. The molecule has 4 nitrogen and oxygen atoms in total. The number of benzene rings is 2. The first-order valence-electron chi connectivity index (χ1n) is 7.90. The first-order valence-corrected chi connectivity index (χ1v) is 8.69. The molecule has 0 spiro atoms. The van der Waals surface area contributed by atoms with Crippen molar-refractivity contribution >= 4 is 33.3 Å². The Bertz CT molecular complexity index is 806. The van der Waals surface area contributed by atoms with Crippen molar-refractivity contribution in [1.82, 2.24) is 5.32 Å². The van der Waals surface area contributed by atoms with E-state index in [1.165, 1.54) is 0 Å². The van der Waals surface area contributed by atoms with Crippen LogP contribution in [0.15, 0.2) is 71.3 Å². The van der Waals surface area contributed by atoms with Gasteiger partial charge in [0.1, 0.15) is 6.04 Å². The number of hydrogen-bond donors (Lipinski definition) is 2. The van der Waals surface area contributed by atoms with Gasteiger partial charge in [-0.15, -0.1) is 0 Å². The largest absolute Gasteiger partial charge is 0.454 e. The molecule has 0 saturated carbocycles. The number of halogens is 4. The fraction of sp³-hybridized carbons (Fsp3) is 0.158. The molecule has 0 aliphatic carbocycles. The summed E-state index contributed by atoms with van der Waals surface area (Å²) in [6.45, 7) is 0. The van der Waals surface area contributed by atoms with E-state index >= 15 is 0 Å². The molecule has 2 rings (SSSR count). The van der Waals surface area contributed by atoms with E-state index in [1.807, 2.05) is 6.07 Å². The molecule has 2 N–H and O–H groups in total. The minimum absolute atomic E-state index is 0.230. The van der Waals surface area contributed by atoms with Crippen LogP contribution in [0, 0.1) is 0 Å². The topological polar surface area (TPSA) is 58.2 Å². The maximum absolute atomic E-state index is 12.5. The van der Waals surface area contributed by atoms with E-state index in [-0.39, 0.29) is 6.42 Å². The SMILES string of the molecule is O=C(Nc1ccc(Br)cc1)C(Cc1ccccc1)NC=CC(=O)C(F)(F)F. The highest BCUT2D eigenvalue weighted by atomic mass is 79.9. The number of nitrogens with one attached hydrogen (secondary N) is 2. The van der Waals surface area contributed by atoms with Crippen LogP contribution in [0.2, 0.25) is 0 Å². The van der Waals surface area contributed by atoms with E-state index in [9.17, 15) is 22.8 Å². The number of allylic oxidation sites excluding steroid dienone is 1. The van der Waals surface area contributed by atoms with Gasteiger partial charge in [-0.25, -0.2) is 0 Å². The fourth-order valence-electron chi connectivity index (χ4n) is 2.17. The van der Waals surface area contributed by atoms with Gasteiger partial charge in [-0.1, -0.05) is 46.3 Å². The number of anilines is 1. The van der Waals surface area contributed by atoms with Gasteiger partial charge in [0.15, 0.2) is 0 Å². The molecule has 142 valence electrons. The number of amides is 1. The molecular weight excluding hydrogens is 425 g/mol.